The van der Waals surface area contributed by atoms with Crippen molar-refractivity contribution in [1.82, 2.24) is 14.7 Å². The highest BCUT2D eigenvalue weighted by molar-refractivity contribution is 8.00. The molecule has 0 aliphatic carbocycles. The van der Waals surface area contributed by atoms with Crippen LogP contribution in [-0.4, -0.2) is 22.2 Å². The zero-order chi connectivity index (χ0) is 15.4. The number of aryl methyl sites for hydroxylation is 4. The van der Waals surface area contributed by atoms with E-state index in [2.05, 4.69) is 54.5 Å². The maximum atomic E-state index is 4.53. The summed E-state index contributed by atoms with van der Waals surface area (Å²) in [5, 5.41) is 3.45. The molecule has 3 nitrogen and oxygen atoms in total. The summed E-state index contributed by atoms with van der Waals surface area (Å²) in [5.41, 5.74) is 5.46. The number of rotatable bonds is 6. The first-order chi connectivity index (χ1) is 10.0. The third-order valence-corrected chi connectivity index (χ3v) is 5.54. The Morgan fingerprint density at radius 2 is 1.90 bits per heavy atom. The molecule has 1 unspecified atom stereocenters. The predicted octanol–water partition coefficient (Wildman–Crippen LogP) is 4.08. The first-order valence-electron chi connectivity index (χ1n) is 7.25. The molecule has 2 aromatic rings. The van der Waals surface area contributed by atoms with Crippen molar-refractivity contribution >= 4 is 23.3 Å². The molecule has 0 aliphatic rings. The van der Waals surface area contributed by atoms with Crippen LogP contribution >= 0.6 is 23.3 Å². The van der Waals surface area contributed by atoms with Gasteiger partial charge in [-0.3, -0.25) is 0 Å². The zero-order valence-electron chi connectivity index (χ0n) is 13.4. The Morgan fingerprint density at radius 1 is 1.24 bits per heavy atom. The quantitative estimate of drug-likeness (QED) is 0.814. The molecule has 1 aromatic carbocycles. The van der Waals surface area contributed by atoms with Crippen LogP contribution in [0.25, 0.3) is 0 Å². The van der Waals surface area contributed by atoms with E-state index in [9.17, 15) is 0 Å². The summed E-state index contributed by atoms with van der Waals surface area (Å²) in [6, 6.07) is 4.86. The molecule has 1 atom stereocenters. The van der Waals surface area contributed by atoms with Crippen molar-refractivity contribution in [3.05, 3.63) is 40.2 Å². The molecule has 1 heterocycles. The number of hydrogen-bond donors (Lipinski definition) is 1. The van der Waals surface area contributed by atoms with Crippen LogP contribution in [-0.2, 0) is 6.42 Å². The highest BCUT2D eigenvalue weighted by atomic mass is 32.2. The van der Waals surface area contributed by atoms with Gasteiger partial charge in [-0.05, 0) is 56.0 Å². The Labute approximate surface area is 135 Å². The van der Waals surface area contributed by atoms with Crippen LogP contribution in [0, 0.1) is 20.8 Å². The van der Waals surface area contributed by atoms with Gasteiger partial charge in [0.25, 0.3) is 0 Å². The Hall–Kier alpha value is -0.910. The van der Waals surface area contributed by atoms with Gasteiger partial charge in [-0.1, -0.05) is 36.4 Å². The van der Waals surface area contributed by atoms with Crippen molar-refractivity contribution in [2.24, 2.45) is 0 Å². The molecule has 0 fully saturated rings. The second-order valence-corrected chi connectivity index (χ2v) is 7.31. The molecule has 0 spiro atoms. The largest absolute Gasteiger partial charge is 0.312 e. The lowest BCUT2D eigenvalue weighted by Gasteiger charge is -2.21. The molecule has 0 bridgehead atoms. The van der Waals surface area contributed by atoms with Crippen LogP contribution in [0.4, 0.5) is 0 Å². The molecule has 0 aliphatic heterocycles. The van der Waals surface area contributed by atoms with E-state index in [0.29, 0.717) is 6.04 Å². The molecule has 1 aromatic heterocycles. The molecule has 2 rings (SSSR count). The Kier molecular flexibility index (Phi) is 5.79. The third-order valence-electron chi connectivity index (χ3n) is 3.57. The van der Waals surface area contributed by atoms with E-state index in [1.807, 2.05) is 7.05 Å². The average Bonchev–Trinajstić information content (AvgIpc) is 2.89. The average molecular weight is 322 g/mol. The number of nitrogens with zero attached hydrogens (tertiary/aromatic N) is 2. The van der Waals surface area contributed by atoms with Crippen molar-refractivity contribution in [3.63, 3.8) is 0 Å². The Morgan fingerprint density at radius 3 is 2.43 bits per heavy atom. The van der Waals surface area contributed by atoms with E-state index in [0.717, 1.165) is 22.3 Å². The summed E-state index contributed by atoms with van der Waals surface area (Å²) in [7, 11) is 2.03. The van der Waals surface area contributed by atoms with Crippen molar-refractivity contribution in [2.75, 3.05) is 12.8 Å². The molecule has 1 N–H and O–H groups in total. The van der Waals surface area contributed by atoms with Gasteiger partial charge in [0, 0.05) is 18.2 Å². The number of aromatic nitrogens is 2. The second kappa shape index (κ2) is 7.38. The first kappa shape index (κ1) is 16.5. The van der Waals surface area contributed by atoms with Gasteiger partial charge < -0.3 is 5.32 Å². The molecule has 21 heavy (non-hydrogen) atoms. The fraction of sp³-hybridized carbons (Fsp3) is 0.500. The molecular formula is C16H23N3S2. The van der Waals surface area contributed by atoms with E-state index in [1.165, 1.54) is 33.8 Å². The summed E-state index contributed by atoms with van der Waals surface area (Å²) >= 11 is 3.29. The van der Waals surface area contributed by atoms with Crippen molar-refractivity contribution in [2.45, 2.75) is 44.5 Å². The number of benzene rings is 1. The second-order valence-electron chi connectivity index (χ2n) is 5.29. The summed E-state index contributed by atoms with van der Waals surface area (Å²) < 4.78 is 5.41. The number of thioether (sulfide) groups is 1. The van der Waals surface area contributed by atoms with Gasteiger partial charge in [0.05, 0.1) is 0 Å². The fourth-order valence-electron chi connectivity index (χ4n) is 2.65. The van der Waals surface area contributed by atoms with Crippen LogP contribution in [0.1, 0.15) is 41.0 Å². The van der Waals surface area contributed by atoms with E-state index in [1.54, 1.807) is 11.8 Å². The van der Waals surface area contributed by atoms with Gasteiger partial charge in [0.15, 0.2) is 4.34 Å². The maximum absolute atomic E-state index is 4.53. The van der Waals surface area contributed by atoms with Crippen molar-refractivity contribution in [3.8, 4) is 0 Å². The summed E-state index contributed by atoms with van der Waals surface area (Å²) in [6.07, 6.45) is 0.905. The third kappa shape index (κ3) is 4.05. The monoisotopic (exact) mass is 321 g/mol. The smallest absolute Gasteiger partial charge is 0.170 e. The maximum Gasteiger partial charge on any atom is 0.170 e. The molecule has 0 amide bonds. The lowest BCUT2D eigenvalue weighted by molar-refractivity contribution is 0.653. The normalized spacial score (nSPS) is 12.6. The molecule has 5 heteroatoms. The topological polar surface area (TPSA) is 37.8 Å². The van der Waals surface area contributed by atoms with E-state index >= 15 is 0 Å². The van der Waals surface area contributed by atoms with Gasteiger partial charge >= 0.3 is 0 Å². The van der Waals surface area contributed by atoms with Gasteiger partial charge in [0.2, 0.25) is 0 Å². The summed E-state index contributed by atoms with van der Waals surface area (Å²) in [6.45, 7) is 8.64. The summed E-state index contributed by atoms with van der Waals surface area (Å²) in [4.78, 5) is 4.53. The Bertz CT molecular complexity index is 584. The van der Waals surface area contributed by atoms with Crippen LogP contribution in [0.15, 0.2) is 16.5 Å². The van der Waals surface area contributed by atoms with E-state index < -0.39 is 0 Å². The van der Waals surface area contributed by atoms with Gasteiger partial charge in [-0.15, -0.1) is 0 Å². The lowest BCUT2D eigenvalue weighted by Crippen LogP contribution is -2.21. The number of hydrogen-bond acceptors (Lipinski definition) is 5. The molecule has 0 saturated heterocycles. The molecular weight excluding hydrogens is 298 g/mol. The van der Waals surface area contributed by atoms with Gasteiger partial charge in [-0.25, -0.2) is 4.98 Å². The molecule has 0 saturated carbocycles. The van der Waals surface area contributed by atoms with Gasteiger partial charge in [-0.2, -0.15) is 4.37 Å². The van der Waals surface area contributed by atoms with Crippen LogP contribution in [0.5, 0.6) is 0 Å². The fourth-order valence-corrected chi connectivity index (χ4v) is 4.49. The molecule has 114 valence electrons. The van der Waals surface area contributed by atoms with Crippen molar-refractivity contribution < 1.29 is 0 Å². The summed E-state index contributed by atoms with van der Waals surface area (Å²) in [5.74, 6) is 1.92. The highest BCUT2D eigenvalue weighted by Gasteiger charge is 2.16. The predicted molar refractivity (Wildman–Crippen MR) is 92.5 cm³/mol. The molecule has 0 radical (unpaired) electrons. The van der Waals surface area contributed by atoms with Crippen LogP contribution in [0.3, 0.4) is 0 Å². The highest BCUT2D eigenvalue weighted by Crippen LogP contribution is 2.29. The first-order valence-corrected chi connectivity index (χ1v) is 9.01. The van der Waals surface area contributed by atoms with Crippen LogP contribution in [0.2, 0.25) is 0 Å². The minimum absolute atomic E-state index is 0.338. The van der Waals surface area contributed by atoms with Gasteiger partial charge in [0.1, 0.15) is 5.82 Å². The standard InChI is InChI=1S/C16H23N3S2/c1-6-14-18-16(21-19-14)20-9-13(17-5)15-11(3)7-10(2)8-12(15)4/h7-8,13,17H,6,9H2,1-5H3. The zero-order valence-corrected chi connectivity index (χ0v) is 15.0. The van der Waals surface area contributed by atoms with Crippen molar-refractivity contribution in [1.29, 1.82) is 0 Å². The SMILES string of the molecule is CCc1nsc(SCC(NC)c2c(C)cc(C)cc2C)n1. The minimum atomic E-state index is 0.338. The Balaban J connectivity index is 2.13. The number of nitrogens with one attached hydrogen (secondary N) is 1. The lowest BCUT2D eigenvalue weighted by atomic mass is 9.95. The van der Waals surface area contributed by atoms with Crippen LogP contribution < -0.4 is 5.32 Å². The van der Waals surface area contributed by atoms with E-state index in [-0.39, 0.29) is 0 Å². The van der Waals surface area contributed by atoms with E-state index in [4.69, 9.17) is 0 Å². The minimum Gasteiger partial charge on any atom is -0.312 e.